The highest BCUT2D eigenvalue weighted by Gasteiger charge is 2.19. The van der Waals surface area contributed by atoms with Crippen LogP contribution in [0, 0.1) is 0 Å². The number of hydrogen-bond donors (Lipinski definition) is 1. The SMILES string of the molecule is C[C@H](NC(=O)Cn1cc(C(=O)c2cccs2)c2ccccc21)c1ccccc1. The molecule has 0 fully saturated rings. The summed E-state index contributed by atoms with van der Waals surface area (Å²) in [5, 5.41) is 5.79. The van der Waals surface area contributed by atoms with E-state index < -0.39 is 0 Å². The Morgan fingerprint density at radius 2 is 1.75 bits per heavy atom. The van der Waals surface area contributed by atoms with Crippen LogP contribution in [0.5, 0.6) is 0 Å². The summed E-state index contributed by atoms with van der Waals surface area (Å²) < 4.78 is 1.85. The quantitative estimate of drug-likeness (QED) is 0.482. The van der Waals surface area contributed by atoms with Gasteiger partial charge in [0.05, 0.1) is 10.9 Å². The maximum atomic E-state index is 12.9. The standard InChI is InChI=1S/C23H20N2O2S/c1-16(17-8-3-2-4-9-17)24-22(26)15-25-14-19(18-10-5-6-11-20(18)25)23(27)21-12-7-13-28-21/h2-14,16H,15H2,1H3,(H,24,26)/t16-/m0/s1. The van der Waals surface area contributed by atoms with Crippen LogP contribution in [-0.2, 0) is 11.3 Å². The topological polar surface area (TPSA) is 51.1 Å². The van der Waals surface area contributed by atoms with Crippen LogP contribution < -0.4 is 5.32 Å². The molecule has 4 aromatic rings. The molecule has 28 heavy (non-hydrogen) atoms. The van der Waals surface area contributed by atoms with Gasteiger partial charge in [-0.15, -0.1) is 11.3 Å². The van der Waals surface area contributed by atoms with Gasteiger partial charge in [0.1, 0.15) is 6.54 Å². The van der Waals surface area contributed by atoms with E-state index in [1.54, 1.807) is 6.20 Å². The molecule has 2 heterocycles. The summed E-state index contributed by atoms with van der Waals surface area (Å²) in [5.41, 5.74) is 2.56. The molecular weight excluding hydrogens is 368 g/mol. The smallest absolute Gasteiger partial charge is 0.240 e. The Balaban J connectivity index is 1.59. The van der Waals surface area contributed by atoms with Crippen molar-refractivity contribution in [3.63, 3.8) is 0 Å². The van der Waals surface area contributed by atoms with Gasteiger partial charge in [-0.1, -0.05) is 54.6 Å². The third-order valence-electron chi connectivity index (χ3n) is 4.77. The second-order valence-corrected chi connectivity index (χ2v) is 7.64. The zero-order valence-electron chi connectivity index (χ0n) is 15.5. The predicted molar refractivity (Wildman–Crippen MR) is 113 cm³/mol. The van der Waals surface area contributed by atoms with Crippen LogP contribution in [0.4, 0.5) is 0 Å². The van der Waals surface area contributed by atoms with Crippen LogP contribution in [0.1, 0.15) is 33.8 Å². The van der Waals surface area contributed by atoms with Crippen molar-refractivity contribution in [3.05, 3.63) is 94.3 Å². The fourth-order valence-electron chi connectivity index (χ4n) is 3.37. The van der Waals surface area contributed by atoms with Gasteiger partial charge < -0.3 is 9.88 Å². The van der Waals surface area contributed by atoms with E-state index >= 15 is 0 Å². The minimum Gasteiger partial charge on any atom is -0.348 e. The number of rotatable bonds is 6. The van der Waals surface area contributed by atoms with E-state index in [1.165, 1.54) is 11.3 Å². The number of nitrogens with zero attached hydrogens (tertiary/aromatic N) is 1. The minimum absolute atomic E-state index is 0.0111. The van der Waals surface area contributed by atoms with Crippen molar-refractivity contribution in [1.82, 2.24) is 9.88 Å². The highest BCUT2D eigenvalue weighted by Crippen LogP contribution is 2.25. The fourth-order valence-corrected chi connectivity index (χ4v) is 4.04. The third kappa shape index (κ3) is 3.62. The highest BCUT2D eigenvalue weighted by atomic mass is 32.1. The van der Waals surface area contributed by atoms with E-state index in [2.05, 4.69) is 5.32 Å². The molecule has 0 saturated heterocycles. The maximum absolute atomic E-state index is 12.9. The van der Waals surface area contributed by atoms with Gasteiger partial charge in [0.25, 0.3) is 0 Å². The van der Waals surface area contributed by atoms with Gasteiger partial charge in [0.15, 0.2) is 0 Å². The summed E-state index contributed by atoms with van der Waals surface area (Å²) in [6.45, 7) is 2.13. The van der Waals surface area contributed by atoms with Gasteiger partial charge in [-0.05, 0) is 30.0 Å². The summed E-state index contributed by atoms with van der Waals surface area (Å²) in [4.78, 5) is 26.2. The van der Waals surface area contributed by atoms with Crippen LogP contribution in [0.3, 0.4) is 0 Å². The second-order valence-electron chi connectivity index (χ2n) is 6.69. The number of carbonyl (C=O) groups is 2. The van der Waals surface area contributed by atoms with E-state index in [-0.39, 0.29) is 24.3 Å². The van der Waals surface area contributed by atoms with Crippen molar-refractivity contribution in [2.75, 3.05) is 0 Å². The van der Waals surface area contributed by atoms with Gasteiger partial charge >= 0.3 is 0 Å². The van der Waals surface area contributed by atoms with Crippen LogP contribution >= 0.6 is 11.3 Å². The zero-order chi connectivity index (χ0) is 19.5. The molecule has 0 radical (unpaired) electrons. The molecule has 1 amide bonds. The van der Waals surface area contributed by atoms with Gasteiger partial charge in [0, 0.05) is 22.7 Å². The normalized spacial score (nSPS) is 12.0. The highest BCUT2D eigenvalue weighted by molar-refractivity contribution is 7.12. The number of benzene rings is 2. The number of para-hydroxylation sites is 1. The molecule has 0 aliphatic rings. The largest absolute Gasteiger partial charge is 0.348 e. The number of aromatic nitrogens is 1. The number of hydrogen-bond acceptors (Lipinski definition) is 3. The Labute approximate surface area is 167 Å². The molecule has 2 aromatic heterocycles. The lowest BCUT2D eigenvalue weighted by Crippen LogP contribution is -2.29. The molecule has 4 rings (SSSR count). The van der Waals surface area contributed by atoms with E-state index in [9.17, 15) is 9.59 Å². The lowest BCUT2D eigenvalue weighted by molar-refractivity contribution is -0.122. The molecule has 0 saturated carbocycles. The first-order valence-electron chi connectivity index (χ1n) is 9.14. The van der Waals surface area contributed by atoms with Crippen molar-refractivity contribution in [2.24, 2.45) is 0 Å². The monoisotopic (exact) mass is 388 g/mol. The molecule has 0 bridgehead atoms. The van der Waals surface area contributed by atoms with E-state index in [0.717, 1.165) is 16.5 Å². The van der Waals surface area contributed by atoms with Crippen LogP contribution in [0.2, 0.25) is 0 Å². The number of amides is 1. The predicted octanol–water partition coefficient (Wildman–Crippen LogP) is 4.81. The minimum atomic E-state index is -0.0905. The average Bonchev–Trinajstić information content (AvgIpc) is 3.37. The summed E-state index contributed by atoms with van der Waals surface area (Å²) in [7, 11) is 0. The molecule has 0 spiro atoms. The van der Waals surface area contributed by atoms with E-state index in [4.69, 9.17) is 0 Å². The molecule has 1 atom stereocenters. The van der Waals surface area contributed by atoms with Gasteiger partial charge in [-0.3, -0.25) is 9.59 Å². The van der Waals surface area contributed by atoms with Crippen molar-refractivity contribution < 1.29 is 9.59 Å². The Morgan fingerprint density at radius 3 is 2.50 bits per heavy atom. The Morgan fingerprint density at radius 1 is 1.00 bits per heavy atom. The number of thiophene rings is 1. The van der Waals surface area contributed by atoms with Gasteiger partial charge in [-0.2, -0.15) is 0 Å². The van der Waals surface area contributed by atoms with Crippen molar-refractivity contribution >= 4 is 33.9 Å². The summed E-state index contributed by atoms with van der Waals surface area (Å²) >= 11 is 1.43. The molecule has 0 aliphatic carbocycles. The first kappa shape index (κ1) is 18.2. The molecule has 4 nitrogen and oxygen atoms in total. The Hall–Kier alpha value is -3.18. The van der Waals surface area contributed by atoms with Gasteiger partial charge in [-0.25, -0.2) is 0 Å². The molecule has 0 aliphatic heterocycles. The molecular formula is C23H20N2O2S. The molecule has 140 valence electrons. The number of carbonyl (C=O) groups excluding carboxylic acids is 2. The first-order valence-corrected chi connectivity index (χ1v) is 10.0. The van der Waals surface area contributed by atoms with E-state index in [1.807, 2.05) is 83.6 Å². The Kier molecular flexibility index (Phi) is 5.08. The van der Waals surface area contributed by atoms with Crippen molar-refractivity contribution in [1.29, 1.82) is 0 Å². The lowest BCUT2D eigenvalue weighted by atomic mass is 10.1. The average molecular weight is 388 g/mol. The molecule has 0 unspecified atom stereocenters. The van der Waals surface area contributed by atoms with Crippen LogP contribution in [-0.4, -0.2) is 16.3 Å². The molecule has 5 heteroatoms. The number of nitrogens with one attached hydrogen (secondary N) is 1. The zero-order valence-corrected chi connectivity index (χ0v) is 16.3. The summed E-state index contributed by atoms with van der Waals surface area (Å²) in [6, 6.07) is 21.2. The number of ketones is 1. The Bertz CT molecular complexity index is 1110. The van der Waals surface area contributed by atoms with Crippen LogP contribution in [0.25, 0.3) is 10.9 Å². The third-order valence-corrected chi connectivity index (χ3v) is 5.64. The van der Waals surface area contributed by atoms with Gasteiger partial charge in [0.2, 0.25) is 11.7 Å². The van der Waals surface area contributed by atoms with E-state index in [0.29, 0.717) is 10.4 Å². The fraction of sp³-hybridized carbons (Fsp3) is 0.130. The molecule has 2 aromatic carbocycles. The van der Waals surface area contributed by atoms with Crippen LogP contribution in [0.15, 0.2) is 78.3 Å². The van der Waals surface area contributed by atoms with Crippen molar-refractivity contribution in [3.8, 4) is 0 Å². The second kappa shape index (κ2) is 7.82. The molecule has 1 N–H and O–H groups in total. The summed E-state index contributed by atoms with van der Waals surface area (Å²) in [6.07, 6.45) is 1.79. The van der Waals surface area contributed by atoms with Crippen molar-refractivity contribution in [2.45, 2.75) is 19.5 Å². The number of fused-ring (bicyclic) bond motifs is 1. The maximum Gasteiger partial charge on any atom is 0.240 e. The first-order chi connectivity index (χ1) is 13.6. The lowest BCUT2D eigenvalue weighted by Gasteiger charge is -2.15. The summed E-state index contributed by atoms with van der Waals surface area (Å²) in [5.74, 6) is -0.102.